The number of thiophene rings is 1. The quantitative estimate of drug-likeness (QED) is 0.423. The number of aryl methyl sites for hydroxylation is 1. The predicted octanol–water partition coefficient (Wildman–Crippen LogP) is -1.48. The lowest BCUT2D eigenvalue weighted by atomic mass is 9.95. The van der Waals surface area contributed by atoms with E-state index in [9.17, 15) is 9.59 Å². The molecule has 1 amide bonds. The highest BCUT2D eigenvalue weighted by molar-refractivity contribution is 7.17. The van der Waals surface area contributed by atoms with Crippen molar-refractivity contribution in [2.45, 2.75) is 32.6 Å². The molecular formula is C19H31N3O4S+2. The molecule has 8 heteroatoms. The van der Waals surface area contributed by atoms with Gasteiger partial charge in [0.1, 0.15) is 37.7 Å². The van der Waals surface area contributed by atoms with E-state index in [1.807, 2.05) is 0 Å². The minimum absolute atomic E-state index is 0.0419. The summed E-state index contributed by atoms with van der Waals surface area (Å²) < 4.78 is 5.25. The van der Waals surface area contributed by atoms with Crippen LogP contribution in [0.4, 0.5) is 5.00 Å². The van der Waals surface area contributed by atoms with Crippen molar-refractivity contribution in [1.82, 2.24) is 0 Å². The summed E-state index contributed by atoms with van der Waals surface area (Å²) in [5, 5.41) is 12.7. The number of fused-ring (bicyclic) bond motifs is 1. The summed E-state index contributed by atoms with van der Waals surface area (Å²) in [6.45, 7) is 7.35. The highest BCUT2D eigenvalue weighted by atomic mass is 32.1. The van der Waals surface area contributed by atoms with E-state index in [0.29, 0.717) is 23.7 Å². The monoisotopic (exact) mass is 397 g/mol. The number of nitrogens with one attached hydrogen (secondary N) is 3. The molecule has 0 unspecified atom stereocenters. The van der Waals surface area contributed by atoms with Crippen LogP contribution in [0.5, 0.6) is 0 Å². The van der Waals surface area contributed by atoms with Crippen molar-refractivity contribution in [3.63, 3.8) is 0 Å². The number of aliphatic hydroxyl groups is 1. The molecular weight excluding hydrogens is 366 g/mol. The first-order valence-corrected chi connectivity index (χ1v) is 10.8. The van der Waals surface area contributed by atoms with Gasteiger partial charge in [0.2, 0.25) is 0 Å². The van der Waals surface area contributed by atoms with Gasteiger partial charge in [0.05, 0.1) is 18.8 Å². The van der Waals surface area contributed by atoms with Gasteiger partial charge in [-0.1, -0.05) is 0 Å². The zero-order valence-corrected chi connectivity index (χ0v) is 16.9. The minimum Gasteiger partial charge on any atom is -0.462 e. The highest BCUT2D eigenvalue weighted by Gasteiger charge is 2.29. The van der Waals surface area contributed by atoms with Crippen molar-refractivity contribution in [3.05, 3.63) is 16.0 Å². The number of hydrogen-bond acceptors (Lipinski definition) is 5. The molecule has 27 heavy (non-hydrogen) atoms. The SMILES string of the molecule is CCOC(=O)c1c(NC(=O)C[NH+]2CC[NH+](CCO)CC2)sc2c1CCCC2. The number of carbonyl (C=O) groups excluding carboxylic acids is 2. The lowest BCUT2D eigenvalue weighted by Crippen LogP contribution is -3.28. The number of hydrogen-bond donors (Lipinski definition) is 4. The Balaban J connectivity index is 1.64. The van der Waals surface area contributed by atoms with Crippen molar-refractivity contribution < 1.29 is 29.2 Å². The van der Waals surface area contributed by atoms with Gasteiger partial charge in [0, 0.05) is 4.88 Å². The number of aliphatic hydroxyl groups excluding tert-OH is 1. The van der Waals surface area contributed by atoms with E-state index in [4.69, 9.17) is 9.84 Å². The first-order valence-electron chi connectivity index (χ1n) is 10.0. The van der Waals surface area contributed by atoms with E-state index in [2.05, 4.69) is 5.32 Å². The van der Waals surface area contributed by atoms with Gasteiger partial charge < -0.3 is 25.0 Å². The van der Waals surface area contributed by atoms with Crippen molar-refractivity contribution >= 4 is 28.2 Å². The molecule has 0 atom stereocenters. The van der Waals surface area contributed by atoms with E-state index in [1.165, 1.54) is 26.0 Å². The maximum atomic E-state index is 12.6. The number of esters is 1. The number of carbonyl (C=O) groups is 2. The van der Waals surface area contributed by atoms with Gasteiger partial charge in [-0.25, -0.2) is 4.79 Å². The van der Waals surface area contributed by atoms with Crippen molar-refractivity contribution in [2.75, 3.05) is 57.8 Å². The molecule has 0 spiro atoms. The van der Waals surface area contributed by atoms with Crippen LogP contribution in [-0.4, -0.2) is 69.5 Å². The Bertz CT molecular complexity index is 668. The molecule has 2 heterocycles. The normalized spacial score (nSPS) is 22.1. The van der Waals surface area contributed by atoms with Gasteiger partial charge >= 0.3 is 5.97 Å². The Labute approximate surface area is 164 Å². The predicted molar refractivity (Wildman–Crippen MR) is 104 cm³/mol. The summed E-state index contributed by atoms with van der Waals surface area (Å²) in [6, 6.07) is 0. The zero-order valence-electron chi connectivity index (χ0n) is 16.1. The molecule has 7 nitrogen and oxygen atoms in total. The van der Waals surface area contributed by atoms with Gasteiger partial charge in [-0.3, -0.25) is 4.79 Å². The van der Waals surface area contributed by atoms with Crippen LogP contribution in [0, 0.1) is 0 Å². The Morgan fingerprint density at radius 1 is 1.15 bits per heavy atom. The van der Waals surface area contributed by atoms with E-state index in [-0.39, 0.29) is 18.5 Å². The molecule has 1 aromatic rings. The van der Waals surface area contributed by atoms with Crippen LogP contribution in [0.1, 0.15) is 40.6 Å². The number of amides is 1. The van der Waals surface area contributed by atoms with Crippen LogP contribution in [0.3, 0.4) is 0 Å². The molecule has 0 saturated carbocycles. The second kappa shape index (κ2) is 9.64. The maximum absolute atomic E-state index is 12.6. The van der Waals surface area contributed by atoms with E-state index >= 15 is 0 Å². The van der Waals surface area contributed by atoms with Crippen molar-refractivity contribution in [3.8, 4) is 0 Å². The van der Waals surface area contributed by atoms with Crippen LogP contribution in [0.2, 0.25) is 0 Å². The summed E-state index contributed by atoms with van der Waals surface area (Å²) in [7, 11) is 0. The van der Waals surface area contributed by atoms with E-state index < -0.39 is 0 Å². The summed E-state index contributed by atoms with van der Waals surface area (Å²) in [5.74, 6) is -0.361. The number of piperazine rings is 1. The smallest absolute Gasteiger partial charge is 0.341 e. The van der Waals surface area contributed by atoms with E-state index in [1.54, 1.807) is 6.92 Å². The molecule has 1 aromatic heterocycles. The molecule has 1 saturated heterocycles. The highest BCUT2D eigenvalue weighted by Crippen LogP contribution is 2.38. The average molecular weight is 398 g/mol. The number of quaternary nitrogens is 2. The average Bonchev–Trinajstić information content (AvgIpc) is 3.01. The van der Waals surface area contributed by atoms with Crippen LogP contribution in [0.15, 0.2) is 0 Å². The summed E-state index contributed by atoms with van der Waals surface area (Å²) >= 11 is 1.54. The lowest BCUT2D eigenvalue weighted by molar-refractivity contribution is -1.01. The number of ether oxygens (including phenoxy) is 1. The van der Waals surface area contributed by atoms with Gasteiger partial charge in [0.15, 0.2) is 6.54 Å². The Kier molecular flexibility index (Phi) is 7.23. The molecule has 0 aromatic carbocycles. The second-order valence-electron chi connectivity index (χ2n) is 7.33. The van der Waals surface area contributed by atoms with Crippen molar-refractivity contribution in [1.29, 1.82) is 0 Å². The Morgan fingerprint density at radius 3 is 2.56 bits per heavy atom. The third-order valence-corrected chi connectivity index (χ3v) is 6.65. The third kappa shape index (κ3) is 5.07. The van der Waals surface area contributed by atoms with Crippen LogP contribution < -0.4 is 15.1 Å². The maximum Gasteiger partial charge on any atom is 0.341 e. The second-order valence-corrected chi connectivity index (χ2v) is 8.44. The zero-order chi connectivity index (χ0) is 19.2. The molecule has 4 N–H and O–H groups in total. The molecule has 1 aliphatic heterocycles. The molecule has 2 aliphatic rings. The van der Waals surface area contributed by atoms with Gasteiger partial charge in [-0.15, -0.1) is 11.3 Å². The Morgan fingerprint density at radius 2 is 1.85 bits per heavy atom. The molecule has 1 fully saturated rings. The number of rotatable bonds is 7. The van der Waals surface area contributed by atoms with Crippen LogP contribution in [0.25, 0.3) is 0 Å². The van der Waals surface area contributed by atoms with Crippen LogP contribution >= 0.6 is 11.3 Å². The van der Waals surface area contributed by atoms with Gasteiger partial charge in [-0.05, 0) is 38.2 Å². The molecule has 1 aliphatic carbocycles. The number of anilines is 1. The fourth-order valence-corrected chi connectivity index (χ4v) is 5.31. The van der Waals surface area contributed by atoms with E-state index in [0.717, 1.165) is 64.0 Å². The fourth-order valence-electron chi connectivity index (χ4n) is 4.01. The topological polar surface area (TPSA) is 84.5 Å². The summed E-state index contributed by atoms with van der Waals surface area (Å²) in [5.41, 5.74) is 1.66. The molecule has 150 valence electrons. The molecule has 0 bridgehead atoms. The van der Waals surface area contributed by atoms with Crippen molar-refractivity contribution in [2.24, 2.45) is 0 Å². The van der Waals surface area contributed by atoms with Crippen LogP contribution in [-0.2, 0) is 22.4 Å². The first-order chi connectivity index (χ1) is 13.1. The summed E-state index contributed by atoms with van der Waals surface area (Å²) in [6.07, 6.45) is 4.07. The molecule has 3 rings (SSSR count). The fraction of sp³-hybridized carbons (Fsp3) is 0.684. The van der Waals surface area contributed by atoms with Gasteiger partial charge in [-0.2, -0.15) is 0 Å². The van der Waals surface area contributed by atoms with Gasteiger partial charge in [0.25, 0.3) is 5.91 Å². The standard InChI is InChI=1S/C19H29N3O4S/c1-2-26-19(25)17-14-5-3-4-6-15(14)27-18(17)20-16(24)13-22-9-7-21(8-10-22)11-12-23/h23H,2-13H2,1H3,(H,20,24)/p+2. The Hall–Kier alpha value is -1.48. The third-order valence-electron chi connectivity index (χ3n) is 5.44. The largest absolute Gasteiger partial charge is 0.462 e. The summed E-state index contributed by atoms with van der Waals surface area (Å²) in [4.78, 5) is 29.0. The minimum atomic E-state index is -0.319. The molecule has 0 radical (unpaired) electrons. The first kappa shape index (κ1) is 20.3. The lowest BCUT2D eigenvalue weighted by Gasteiger charge is -2.28.